The Morgan fingerprint density at radius 2 is 1.82 bits per heavy atom. The maximum atomic E-state index is 12.2. The van der Waals surface area contributed by atoms with Crippen LogP contribution in [0, 0.1) is 10.7 Å². The van der Waals surface area contributed by atoms with Crippen molar-refractivity contribution < 1.29 is 0 Å². The fourth-order valence-electron chi connectivity index (χ4n) is 2.22. The lowest BCUT2D eigenvalue weighted by molar-refractivity contribution is 1.57. The molecule has 3 rings (SSSR count). The van der Waals surface area contributed by atoms with Gasteiger partial charge in [-0.05, 0) is 27.9 Å². The van der Waals surface area contributed by atoms with Crippen molar-refractivity contribution >= 4 is 38.7 Å². The third kappa shape index (κ3) is 1.38. The Morgan fingerprint density at radius 3 is 2.53 bits per heavy atom. The summed E-state index contributed by atoms with van der Waals surface area (Å²) in [5, 5.41) is 16.6. The van der Waals surface area contributed by atoms with Gasteiger partial charge in [-0.1, -0.05) is 36.4 Å². The Bertz CT molecular complexity index is 843. The van der Waals surface area contributed by atoms with Gasteiger partial charge in [0, 0.05) is 16.0 Å². The SMILES string of the molecule is N#CS/C=c1/c(=O)c2cccc3cccc1c32. The summed E-state index contributed by atoms with van der Waals surface area (Å²) in [5.74, 6) is 0. The van der Waals surface area contributed by atoms with E-state index < -0.39 is 0 Å². The summed E-state index contributed by atoms with van der Waals surface area (Å²) in [6.07, 6.45) is 0. The van der Waals surface area contributed by atoms with Crippen molar-refractivity contribution in [1.82, 2.24) is 0 Å². The van der Waals surface area contributed by atoms with Crippen LogP contribution < -0.4 is 10.6 Å². The van der Waals surface area contributed by atoms with E-state index in [4.69, 9.17) is 5.26 Å². The van der Waals surface area contributed by atoms with Crippen molar-refractivity contribution in [2.45, 2.75) is 0 Å². The fraction of sp³-hybridized carbons (Fsp3) is 0. The number of hydrogen-bond donors (Lipinski definition) is 0. The lowest BCUT2D eigenvalue weighted by atomic mass is 10.1. The lowest BCUT2D eigenvalue weighted by Gasteiger charge is -1.96. The first-order chi connectivity index (χ1) is 8.33. The molecule has 80 valence electrons. The molecule has 0 N–H and O–H groups in total. The number of nitrogens with zero attached hydrogens (tertiary/aromatic N) is 1. The molecule has 0 fully saturated rings. The van der Waals surface area contributed by atoms with Crippen LogP contribution in [0.2, 0.25) is 0 Å². The third-order valence-corrected chi connectivity index (χ3v) is 3.37. The zero-order valence-corrected chi connectivity index (χ0v) is 9.62. The molecule has 0 saturated carbocycles. The number of hydrogen-bond acceptors (Lipinski definition) is 3. The van der Waals surface area contributed by atoms with E-state index >= 15 is 0 Å². The smallest absolute Gasteiger partial charge is 0.194 e. The summed E-state index contributed by atoms with van der Waals surface area (Å²) in [6, 6.07) is 11.6. The molecule has 0 saturated heterocycles. The van der Waals surface area contributed by atoms with E-state index in [2.05, 4.69) is 0 Å². The highest BCUT2D eigenvalue weighted by Crippen LogP contribution is 2.22. The minimum Gasteiger partial charge on any atom is -0.289 e. The molecule has 3 aromatic carbocycles. The predicted molar refractivity (Wildman–Crippen MR) is 71.8 cm³/mol. The highest BCUT2D eigenvalue weighted by Gasteiger charge is 2.09. The molecule has 0 aliphatic carbocycles. The molecule has 0 unspecified atom stereocenters. The molecule has 0 atom stereocenters. The third-order valence-electron chi connectivity index (χ3n) is 2.91. The molecule has 2 nitrogen and oxygen atoms in total. The van der Waals surface area contributed by atoms with E-state index in [9.17, 15) is 4.79 Å². The van der Waals surface area contributed by atoms with Gasteiger partial charge in [0.1, 0.15) is 5.40 Å². The average Bonchev–Trinajstić information content (AvgIpc) is 2.64. The van der Waals surface area contributed by atoms with Gasteiger partial charge in [-0.2, -0.15) is 5.26 Å². The maximum Gasteiger partial charge on any atom is 0.194 e. The highest BCUT2D eigenvalue weighted by molar-refractivity contribution is 8.10. The minimum absolute atomic E-state index is 0.0135. The van der Waals surface area contributed by atoms with Crippen molar-refractivity contribution in [2.75, 3.05) is 0 Å². The lowest BCUT2D eigenvalue weighted by Crippen LogP contribution is -2.18. The van der Waals surface area contributed by atoms with Crippen LogP contribution in [0.5, 0.6) is 0 Å². The largest absolute Gasteiger partial charge is 0.289 e. The summed E-state index contributed by atoms with van der Waals surface area (Å²) >= 11 is 0.987. The second kappa shape index (κ2) is 3.76. The second-order valence-electron chi connectivity index (χ2n) is 3.78. The zero-order valence-electron chi connectivity index (χ0n) is 8.81. The highest BCUT2D eigenvalue weighted by atomic mass is 32.2. The van der Waals surface area contributed by atoms with Crippen molar-refractivity contribution in [3.63, 3.8) is 0 Å². The number of benzene rings is 2. The Kier molecular flexibility index (Phi) is 2.24. The van der Waals surface area contributed by atoms with Gasteiger partial charge < -0.3 is 0 Å². The van der Waals surface area contributed by atoms with Crippen LogP contribution in [0.15, 0.2) is 41.2 Å². The van der Waals surface area contributed by atoms with E-state index in [0.29, 0.717) is 5.22 Å². The molecule has 3 aromatic rings. The first-order valence-corrected chi connectivity index (χ1v) is 6.02. The van der Waals surface area contributed by atoms with Crippen LogP contribution in [0.25, 0.3) is 27.0 Å². The number of thioether (sulfide) groups is 1. The molecule has 0 spiro atoms. The van der Waals surface area contributed by atoms with Gasteiger partial charge in [-0.3, -0.25) is 4.79 Å². The van der Waals surface area contributed by atoms with Gasteiger partial charge in [-0.25, -0.2) is 0 Å². The van der Waals surface area contributed by atoms with Crippen molar-refractivity contribution in [2.24, 2.45) is 0 Å². The number of thiocyanates is 1. The van der Waals surface area contributed by atoms with E-state index in [0.717, 1.165) is 33.3 Å². The second-order valence-corrected chi connectivity index (χ2v) is 4.43. The normalized spacial score (nSPS) is 12.3. The molecule has 17 heavy (non-hydrogen) atoms. The van der Waals surface area contributed by atoms with Crippen LogP contribution >= 0.6 is 11.8 Å². The minimum atomic E-state index is 0.0135. The van der Waals surface area contributed by atoms with Gasteiger partial charge in [0.15, 0.2) is 5.43 Å². The van der Waals surface area contributed by atoms with Crippen molar-refractivity contribution in [1.29, 1.82) is 5.26 Å². The Hall–Kier alpha value is -2.05. The Balaban J connectivity index is 2.62. The quantitative estimate of drug-likeness (QED) is 0.610. The molecule has 0 heterocycles. The molecule has 0 aliphatic heterocycles. The molecule has 3 heteroatoms. The Morgan fingerprint density at radius 1 is 1.12 bits per heavy atom. The molecule has 0 radical (unpaired) electrons. The molecule has 0 aliphatic rings. The standard InChI is InChI=1S/C14H7NOS/c15-8-17-7-12-10-5-1-3-9-4-2-6-11(13(9)10)14(12)16/h1-7H/b12-7+. The number of nitriles is 1. The first kappa shape index (κ1) is 10.1. The average molecular weight is 237 g/mol. The first-order valence-electron chi connectivity index (χ1n) is 5.14. The van der Waals surface area contributed by atoms with Gasteiger partial charge in [0.05, 0.1) is 0 Å². The molecule has 0 bridgehead atoms. The predicted octanol–water partition coefficient (Wildman–Crippen LogP) is 2.46. The van der Waals surface area contributed by atoms with Crippen LogP contribution in [0.3, 0.4) is 0 Å². The molecular formula is C14H7NOS. The monoisotopic (exact) mass is 237 g/mol. The van der Waals surface area contributed by atoms with E-state index in [1.807, 2.05) is 41.8 Å². The van der Waals surface area contributed by atoms with Crippen LogP contribution in [-0.4, -0.2) is 0 Å². The fourth-order valence-corrected chi connectivity index (χ4v) is 2.63. The summed E-state index contributed by atoms with van der Waals surface area (Å²) in [5.41, 5.74) is 0.0135. The van der Waals surface area contributed by atoms with Gasteiger partial charge >= 0.3 is 0 Å². The van der Waals surface area contributed by atoms with E-state index in [-0.39, 0.29) is 5.43 Å². The van der Waals surface area contributed by atoms with Crippen LogP contribution in [-0.2, 0) is 0 Å². The van der Waals surface area contributed by atoms with Crippen molar-refractivity contribution in [3.05, 3.63) is 51.8 Å². The van der Waals surface area contributed by atoms with Crippen molar-refractivity contribution in [3.8, 4) is 5.40 Å². The van der Waals surface area contributed by atoms with E-state index in [1.54, 1.807) is 5.41 Å². The van der Waals surface area contributed by atoms with Gasteiger partial charge in [-0.15, -0.1) is 0 Å². The van der Waals surface area contributed by atoms with Crippen LogP contribution in [0.1, 0.15) is 0 Å². The van der Waals surface area contributed by atoms with E-state index in [1.165, 1.54) is 0 Å². The number of rotatable bonds is 1. The zero-order chi connectivity index (χ0) is 11.8. The summed E-state index contributed by atoms with van der Waals surface area (Å²) < 4.78 is 0. The molecular weight excluding hydrogens is 230 g/mol. The topological polar surface area (TPSA) is 40.9 Å². The summed E-state index contributed by atoms with van der Waals surface area (Å²) in [7, 11) is 0. The molecule has 0 aromatic heterocycles. The summed E-state index contributed by atoms with van der Waals surface area (Å²) in [4.78, 5) is 12.2. The van der Waals surface area contributed by atoms with Gasteiger partial charge in [0.2, 0.25) is 0 Å². The van der Waals surface area contributed by atoms with Gasteiger partial charge in [0.25, 0.3) is 0 Å². The van der Waals surface area contributed by atoms with Crippen LogP contribution in [0.4, 0.5) is 0 Å². The molecule has 0 amide bonds. The summed E-state index contributed by atoms with van der Waals surface area (Å²) in [6.45, 7) is 0. The Labute approximate surface area is 101 Å². The maximum absolute atomic E-state index is 12.2.